The predicted octanol–water partition coefficient (Wildman–Crippen LogP) is 3.36. The lowest BCUT2D eigenvalue weighted by Crippen LogP contribution is -2.33. The number of halogens is 4. The van der Waals surface area contributed by atoms with Gasteiger partial charge in [0.05, 0.1) is 5.56 Å². The van der Waals surface area contributed by atoms with Gasteiger partial charge in [-0.1, -0.05) is 6.07 Å². The molecule has 1 aliphatic rings. The molecule has 1 aromatic carbocycles. The van der Waals surface area contributed by atoms with Crippen molar-refractivity contribution in [3.63, 3.8) is 0 Å². The van der Waals surface area contributed by atoms with Crippen LogP contribution >= 0.6 is 0 Å². The molecule has 1 fully saturated rings. The molecule has 0 bridgehead atoms. The van der Waals surface area contributed by atoms with Crippen molar-refractivity contribution in [1.29, 1.82) is 0 Å². The number of piperidine rings is 1. The first-order valence-electron chi connectivity index (χ1n) is 6.59. The molecule has 116 valence electrons. The van der Waals surface area contributed by atoms with Crippen molar-refractivity contribution < 1.29 is 27.5 Å². The third-order valence-corrected chi connectivity index (χ3v) is 3.68. The van der Waals surface area contributed by atoms with Gasteiger partial charge in [0.1, 0.15) is 5.82 Å². The van der Waals surface area contributed by atoms with Crippen molar-refractivity contribution in [2.75, 3.05) is 6.54 Å². The summed E-state index contributed by atoms with van der Waals surface area (Å²) in [6.07, 6.45) is -3.54. The van der Waals surface area contributed by atoms with Gasteiger partial charge in [-0.25, -0.2) is 4.39 Å². The van der Waals surface area contributed by atoms with E-state index in [-0.39, 0.29) is 17.9 Å². The van der Waals surface area contributed by atoms with Gasteiger partial charge in [-0.15, -0.1) is 0 Å². The summed E-state index contributed by atoms with van der Waals surface area (Å²) in [6, 6.07) is 2.00. The highest BCUT2D eigenvalue weighted by Crippen LogP contribution is 2.34. The quantitative estimate of drug-likeness (QED) is 0.842. The van der Waals surface area contributed by atoms with Crippen LogP contribution in [0.3, 0.4) is 0 Å². The van der Waals surface area contributed by atoms with Gasteiger partial charge >= 0.3 is 12.1 Å². The summed E-state index contributed by atoms with van der Waals surface area (Å²) in [5.74, 6) is -1.94. The molecule has 0 aromatic heterocycles. The maximum absolute atomic E-state index is 13.9. The fourth-order valence-electron chi connectivity index (χ4n) is 2.65. The third kappa shape index (κ3) is 3.93. The third-order valence-electron chi connectivity index (χ3n) is 3.68. The number of hydrogen-bond acceptors (Lipinski definition) is 2. The zero-order valence-electron chi connectivity index (χ0n) is 11.1. The Morgan fingerprint density at radius 1 is 1.38 bits per heavy atom. The van der Waals surface area contributed by atoms with Crippen LogP contribution in [0.2, 0.25) is 0 Å². The number of hydrogen-bond donors (Lipinski definition) is 2. The fraction of sp³-hybridized carbons (Fsp3) is 0.500. The Bertz CT molecular complexity index is 530. The average Bonchev–Trinajstić information content (AvgIpc) is 2.37. The van der Waals surface area contributed by atoms with Crippen LogP contribution in [0.1, 0.15) is 36.4 Å². The topological polar surface area (TPSA) is 49.3 Å². The molecule has 7 heteroatoms. The Morgan fingerprint density at radius 2 is 2.10 bits per heavy atom. The van der Waals surface area contributed by atoms with E-state index in [0.717, 1.165) is 12.1 Å². The second kappa shape index (κ2) is 6.01. The summed E-state index contributed by atoms with van der Waals surface area (Å²) in [7, 11) is 0. The van der Waals surface area contributed by atoms with Gasteiger partial charge in [0.2, 0.25) is 0 Å². The van der Waals surface area contributed by atoms with Crippen molar-refractivity contribution in [3.05, 3.63) is 35.1 Å². The summed E-state index contributed by atoms with van der Waals surface area (Å²) in [5.41, 5.74) is -0.875. The highest BCUT2D eigenvalue weighted by Gasteiger charge is 2.32. The van der Waals surface area contributed by atoms with Crippen molar-refractivity contribution in [3.8, 4) is 0 Å². The molecule has 0 spiro atoms. The molecule has 1 aliphatic heterocycles. The van der Waals surface area contributed by atoms with Crippen LogP contribution < -0.4 is 5.32 Å². The molecule has 0 radical (unpaired) electrons. The van der Waals surface area contributed by atoms with E-state index >= 15 is 0 Å². The molecule has 2 rings (SSSR count). The smallest absolute Gasteiger partial charge is 0.416 e. The van der Waals surface area contributed by atoms with Gasteiger partial charge in [-0.05, 0) is 37.4 Å². The Morgan fingerprint density at radius 3 is 2.67 bits per heavy atom. The maximum Gasteiger partial charge on any atom is 0.416 e. The second-order valence-electron chi connectivity index (χ2n) is 5.23. The summed E-state index contributed by atoms with van der Waals surface area (Å²) < 4.78 is 51.4. The molecular formula is C14H15F4NO2. The van der Waals surface area contributed by atoms with Crippen molar-refractivity contribution in [1.82, 2.24) is 5.32 Å². The van der Waals surface area contributed by atoms with E-state index in [4.69, 9.17) is 5.11 Å². The predicted molar refractivity (Wildman–Crippen MR) is 67.1 cm³/mol. The molecule has 0 aliphatic carbocycles. The number of carbonyl (C=O) groups is 1. The van der Waals surface area contributed by atoms with Crippen molar-refractivity contribution >= 4 is 5.97 Å². The number of rotatable bonds is 3. The van der Waals surface area contributed by atoms with E-state index in [1.54, 1.807) is 0 Å². The van der Waals surface area contributed by atoms with Crippen LogP contribution in [-0.4, -0.2) is 17.6 Å². The lowest BCUT2D eigenvalue weighted by Gasteiger charge is -2.30. The Labute approximate surface area is 119 Å². The van der Waals surface area contributed by atoms with Gasteiger partial charge in [0.25, 0.3) is 0 Å². The molecule has 1 heterocycles. The monoisotopic (exact) mass is 305 g/mol. The number of carboxylic acid groups (broad SMARTS) is 1. The molecule has 1 saturated heterocycles. The molecule has 2 atom stereocenters. The summed E-state index contributed by atoms with van der Waals surface area (Å²) in [6.45, 7) is 0.517. The van der Waals surface area contributed by atoms with Crippen LogP contribution in [0, 0.1) is 11.7 Å². The highest BCUT2D eigenvalue weighted by atomic mass is 19.4. The van der Waals surface area contributed by atoms with E-state index in [1.807, 2.05) is 0 Å². The van der Waals surface area contributed by atoms with E-state index in [1.165, 1.54) is 0 Å². The largest absolute Gasteiger partial charge is 0.481 e. The summed E-state index contributed by atoms with van der Waals surface area (Å²) >= 11 is 0. The van der Waals surface area contributed by atoms with Crippen LogP contribution in [0.5, 0.6) is 0 Å². The molecule has 0 amide bonds. The minimum atomic E-state index is -4.58. The first-order valence-corrected chi connectivity index (χ1v) is 6.59. The van der Waals surface area contributed by atoms with Gasteiger partial charge in [0.15, 0.2) is 0 Å². The average molecular weight is 305 g/mol. The molecule has 0 saturated carbocycles. The Kier molecular flexibility index (Phi) is 4.51. The minimum absolute atomic E-state index is 0.0135. The summed E-state index contributed by atoms with van der Waals surface area (Å²) in [5, 5.41) is 11.8. The lowest BCUT2D eigenvalue weighted by atomic mass is 9.86. The van der Waals surface area contributed by atoms with E-state index in [2.05, 4.69) is 5.32 Å². The number of nitrogens with one attached hydrogen (secondary N) is 1. The van der Waals surface area contributed by atoms with Crippen LogP contribution in [-0.2, 0) is 11.0 Å². The molecule has 2 N–H and O–H groups in total. The van der Waals surface area contributed by atoms with Crippen molar-refractivity contribution in [2.45, 2.75) is 31.5 Å². The number of alkyl halides is 3. The summed E-state index contributed by atoms with van der Waals surface area (Å²) in [4.78, 5) is 10.7. The maximum atomic E-state index is 13.9. The number of aliphatic carboxylic acids is 1. The number of carboxylic acids is 1. The first-order chi connectivity index (χ1) is 9.77. The zero-order valence-corrected chi connectivity index (χ0v) is 11.1. The lowest BCUT2D eigenvalue weighted by molar-refractivity contribution is -0.139. The van der Waals surface area contributed by atoms with E-state index in [0.29, 0.717) is 25.5 Å². The van der Waals surface area contributed by atoms with Gasteiger partial charge < -0.3 is 10.4 Å². The number of benzene rings is 1. The standard InChI is InChI=1S/C14H15F4NO2/c15-11-7-9(14(16,17)18)1-2-10(11)12-5-8(3-4-19-12)6-13(20)21/h1-2,7-8,12,19H,3-6H2,(H,20,21)/t8-,12+/m1/s1. The molecule has 3 nitrogen and oxygen atoms in total. The first kappa shape index (κ1) is 15.8. The molecule has 0 unspecified atom stereocenters. The van der Waals surface area contributed by atoms with Crippen molar-refractivity contribution in [2.24, 2.45) is 5.92 Å². The molecule has 1 aromatic rings. The Hall–Kier alpha value is -1.63. The molecule has 21 heavy (non-hydrogen) atoms. The van der Waals surface area contributed by atoms with Crippen LogP contribution in [0.4, 0.5) is 17.6 Å². The normalized spacial score (nSPS) is 23.0. The SMILES string of the molecule is O=C(O)C[C@@H]1CCN[C@H](c2ccc(C(F)(F)F)cc2F)C1. The minimum Gasteiger partial charge on any atom is -0.481 e. The van der Waals surface area contributed by atoms with Crippen LogP contribution in [0.25, 0.3) is 0 Å². The van der Waals surface area contributed by atoms with E-state index < -0.39 is 29.6 Å². The van der Waals surface area contributed by atoms with Gasteiger partial charge in [-0.3, -0.25) is 4.79 Å². The van der Waals surface area contributed by atoms with Gasteiger partial charge in [0, 0.05) is 18.0 Å². The highest BCUT2D eigenvalue weighted by molar-refractivity contribution is 5.67. The Balaban J connectivity index is 2.16. The van der Waals surface area contributed by atoms with E-state index in [9.17, 15) is 22.4 Å². The van der Waals surface area contributed by atoms with Crippen LogP contribution in [0.15, 0.2) is 18.2 Å². The fourth-order valence-corrected chi connectivity index (χ4v) is 2.65. The molecular weight excluding hydrogens is 290 g/mol. The van der Waals surface area contributed by atoms with Gasteiger partial charge in [-0.2, -0.15) is 13.2 Å². The zero-order chi connectivity index (χ0) is 15.6. The second-order valence-corrected chi connectivity index (χ2v) is 5.23.